The summed E-state index contributed by atoms with van der Waals surface area (Å²) in [5.41, 5.74) is 2.29. The molecule has 0 aliphatic carbocycles. The van der Waals surface area contributed by atoms with Gasteiger partial charge in [0.25, 0.3) is 0 Å². The van der Waals surface area contributed by atoms with Crippen LogP contribution in [0.25, 0.3) is 0 Å². The molecule has 1 aromatic carbocycles. The fourth-order valence-corrected chi connectivity index (χ4v) is 3.05. The van der Waals surface area contributed by atoms with Crippen molar-refractivity contribution in [1.82, 2.24) is 10.6 Å². The molecule has 7 heteroatoms. The zero-order chi connectivity index (χ0) is 14.4. The van der Waals surface area contributed by atoms with Gasteiger partial charge in [0.2, 0.25) is 0 Å². The van der Waals surface area contributed by atoms with E-state index in [2.05, 4.69) is 48.4 Å². The minimum atomic E-state index is 0. The van der Waals surface area contributed by atoms with Crippen LogP contribution in [0.3, 0.4) is 0 Å². The summed E-state index contributed by atoms with van der Waals surface area (Å²) in [7, 11) is 1.76. The normalized spacial score (nSPS) is 10.9. The Bertz CT molecular complexity index is 590. The molecule has 0 saturated carbocycles. The van der Waals surface area contributed by atoms with Gasteiger partial charge in [-0.1, -0.05) is 33.6 Å². The van der Waals surface area contributed by atoms with Crippen LogP contribution in [0.4, 0.5) is 0 Å². The topological polar surface area (TPSA) is 36.4 Å². The van der Waals surface area contributed by atoms with E-state index >= 15 is 0 Å². The lowest BCUT2D eigenvalue weighted by atomic mass is 10.2. The van der Waals surface area contributed by atoms with Gasteiger partial charge in [-0.05, 0) is 40.1 Å². The summed E-state index contributed by atoms with van der Waals surface area (Å²) in [5.74, 6) is 0.759. The second kappa shape index (κ2) is 9.66. The summed E-state index contributed by atoms with van der Waals surface area (Å²) in [4.78, 5) is 4.20. The summed E-state index contributed by atoms with van der Waals surface area (Å²) < 4.78 is 0.978. The monoisotopic (exact) mass is 499 g/mol. The molecule has 2 rings (SSSR count). The van der Waals surface area contributed by atoms with Gasteiger partial charge in [-0.2, -0.15) is 11.3 Å². The third kappa shape index (κ3) is 6.14. The molecule has 0 unspecified atom stereocenters. The summed E-state index contributed by atoms with van der Waals surface area (Å²) in [5, 5.41) is 11.4. The van der Waals surface area contributed by atoms with E-state index in [0.717, 1.165) is 27.6 Å². The fraction of sp³-hybridized carbons (Fsp3) is 0.214. The zero-order valence-corrected chi connectivity index (χ0v) is 16.9. The Morgan fingerprint density at radius 2 is 2.05 bits per heavy atom. The quantitative estimate of drug-likeness (QED) is 0.364. The molecule has 0 spiro atoms. The molecule has 0 bridgehead atoms. The Labute approximate surface area is 159 Å². The molecular formula is C14H16BrClIN3S. The van der Waals surface area contributed by atoms with Gasteiger partial charge < -0.3 is 10.6 Å². The minimum Gasteiger partial charge on any atom is -0.352 e. The van der Waals surface area contributed by atoms with Crippen LogP contribution >= 0.6 is 62.8 Å². The largest absolute Gasteiger partial charge is 0.352 e. The summed E-state index contributed by atoms with van der Waals surface area (Å²) in [6.07, 6.45) is 0. The predicted molar refractivity (Wildman–Crippen MR) is 106 cm³/mol. The number of hydrogen-bond donors (Lipinski definition) is 2. The standard InChI is InChI=1S/C14H15BrClN3S.HI/c1-17-14(18-7-10-4-5-20-9-10)19-8-11-2-3-12(15)6-13(11)16;/h2-6,9H,7-8H2,1H3,(H2,17,18,19);1H. The van der Waals surface area contributed by atoms with Gasteiger partial charge in [-0.3, -0.25) is 4.99 Å². The van der Waals surface area contributed by atoms with Crippen molar-refractivity contribution >= 4 is 68.8 Å². The van der Waals surface area contributed by atoms with Crippen molar-refractivity contribution in [3.05, 3.63) is 55.6 Å². The molecule has 2 N–H and O–H groups in total. The first-order valence-corrected chi connectivity index (χ1v) is 8.20. The van der Waals surface area contributed by atoms with Crippen molar-refractivity contribution in [3.8, 4) is 0 Å². The molecule has 0 aliphatic rings. The van der Waals surface area contributed by atoms with Gasteiger partial charge in [0.15, 0.2) is 5.96 Å². The van der Waals surface area contributed by atoms with Crippen LogP contribution in [0.5, 0.6) is 0 Å². The van der Waals surface area contributed by atoms with Crippen LogP contribution in [0.2, 0.25) is 5.02 Å². The Morgan fingerprint density at radius 1 is 1.29 bits per heavy atom. The second-order valence-electron chi connectivity index (χ2n) is 4.15. The van der Waals surface area contributed by atoms with E-state index in [1.54, 1.807) is 18.4 Å². The summed E-state index contributed by atoms with van der Waals surface area (Å²) >= 11 is 11.3. The number of nitrogens with one attached hydrogen (secondary N) is 2. The van der Waals surface area contributed by atoms with Crippen LogP contribution in [0.1, 0.15) is 11.1 Å². The Morgan fingerprint density at radius 3 is 2.67 bits per heavy atom. The third-order valence-corrected chi connectivity index (χ3v) is 4.30. The molecule has 0 fully saturated rings. The van der Waals surface area contributed by atoms with Crippen molar-refractivity contribution in [2.24, 2.45) is 4.99 Å². The molecule has 0 amide bonds. The maximum atomic E-state index is 6.19. The van der Waals surface area contributed by atoms with E-state index in [4.69, 9.17) is 11.6 Å². The number of hydrogen-bond acceptors (Lipinski definition) is 2. The highest BCUT2D eigenvalue weighted by atomic mass is 127. The van der Waals surface area contributed by atoms with Crippen LogP contribution in [0, 0.1) is 0 Å². The Balaban J connectivity index is 0.00000220. The molecule has 0 aliphatic heterocycles. The Kier molecular flexibility index (Phi) is 8.62. The lowest BCUT2D eigenvalue weighted by Gasteiger charge is -2.12. The van der Waals surface area contributed by atoms with Crippen LogP contribution in [0.15, 0.2) is 44.5 Å². The van der Waals surface area contributed by atoms with Crippen LogP contribution < -0.4 is 10.6 Å². The van der Waals surface area contributed by atoms with Crippen molar-refractivity contribution in [2.75, 3.05) is 7.05 Å². The second-order valence-corrected chi connectivity index (χ2v) is 6.25. The SMILES string of the molecule is CN=C(NCc1ccsc1)NCc1ccc(Br)cc1Cl.I. The number of thiophene rings is 1. The van der Waals surface area contributed by atoms with Gasteiger partial charge >= 0.3 is 0 Å². The first-order valence-electron chi connectivity index (χ1n) is 6.08. The number of guanidine groups is 1. The molecule has 21 heavy (non-hydrogen) atoms. The molecule has 0 radical (unpaired) electrons. The van der Waals surface area contributed by atoms with Crippen LogP contribution in [-0.2, 0) is 13.1 Å². The van der Waals surface area contributed by atoms with Gasteiger partial charge in [0.05, 0.1) is 0 Å². The number of halogens is 3. The number of nitrogens with zero attached hydrogens (tertiary/aromatic N) is 1. The average molecular weight is 501 g/mol. The van der Waals surface area contributed by atoms with Gasteiger partial charge in [0, 0.05) is 29.6 Å². The highest BCUT2D eigenvalue weighted by molar-refractivity contribution is 14.0. The van der Waals surface area contributed by atoms with Crippen molar-refractivity contribution in [3.63, 3.8) is 0 Å². The van der Waals surface area contributed by atoms with Crippen molar-refractivity contribution in [1.29, 1.82) is 0 Å². The molecule has 1 aromatic heterocycles. The highest BCUT2D eigenvalue weighted by Crippen LogP contribution is 2.21. The van der Waals surface area contributed by atoms with E-state index < -0.39 is 0 Å². The molecular weight excluding hydrogens is 485 g/mol. The molecule has 1 heterocycles. The lowest BCUT2D eigenvalue weighted by Crippen LogP contribution is -2.36. The molecule has 2 aromatic rings. The fourth-order valence-electron chi connectivity index (χ4n) is 1.64. The van der Waals surface area contributed by atoms with E-state index in [-0.39, 0.29) is 24.0 Å². The number of rotatable bonds is 4. The predicted octanol–water partition coefficient (Wildman–Crippen LogP) is 4.65. The lowest BCUT2D eigenvalue weighted by molar-refractivity contribution is 0.810. The Hall–Kier alpha value is -0.310. The van der Waals surface area contributed by atoms with Gasteiger partial charge in [-0.25, -0.2) is 0 Å². The van der Waals surface area contributed by atoms with Crippen molar-refractivity contribution in [2.45, 2.75) is 13.1 Å². The van der Waals surface area contributed by atoms with Crippen molar-refractivity contribution < 1.29 is 0 Å². The van der Waals surface area contributed by atoms with E-state index in [0.29, 0.717) is 6.54 Å². The molecule has 3 nitrogen and oxygen atoms in total. The highest BCUT2D eigenvalue weighted by Gasteiger charge is 2.03. The average Bonchev–Trinajstić information content (AvgIpc) is 2.94. The summed E-state index contributed by atoms with van der Waals surface area (Å²) in [6, 6.07) is 7.95. The van der Waals surface area contributed by atoms with E-state index in [1.165, 1.54) is 5.56 Å². The molecule has 0 saturated heterocycles. The maximum Gasteiger partial charge on any atom is 0.191 e. The number of aliphatic imine (C=N–C) groups is 1. The van der Waals surface area contributed by atoms with Crippen LogP contribution in [-0.4, -0.2) is 13.0 Å². The van der Waals surface area contributed by atoms with Gasteiger partial charge in [-0.15, -0.1) is 24.0 Å². The maximum absolute atomic E-state index is 6.19. The minimum absolute atomic E-state index is 0. The molecule has 114 valence electrons. The summed E-state index contributed by atoms with van der Waals surface area (Å²) in [6.45, 7) is 1.40. The van der Waals surface area contributed by atoms with Gasteiger partial charge in [0.1, 0.15) is 0 Å². The first-order chi connectivity index (χ1) is 9.69. The van der Waals surface area contributed by atoms with E-state index in [1.807, 2.05) is 18.2 Å². The zero-order valence-electron chi connectivity index (χ0n) is 11.4. The molecule has 0 atom stereocenters. The number of benzene rings is 1. The smallest absolute Gasteiger partial charge is 0.191 e. The van der Waals surface area contributed by atoms with E-state index in [9.17, 15) is 0 Å². The first kappa shape index (κ1) is 18.7. The third-order valence-electron chi connectivity index (χ3n) is 2.73.